The molecule has 0 bridgehead atoms. The third-order valence-corrected chi connectivity index (χ3v) is 2.99. The molecular weight excluding hydrogens is 212 g/mol. The lowest BCUT2D eigenvalue weighted by molar-refractivity contribution is -0.124. The minimum absolute atomic E-state index is 0.0343. The number of carbonyl (C=O) groups excluding carboxylic acids is 1. The summed E-state index contributed by atoms with van der Waals surface area (Å²) < 4.78 is 0. The van der Waals surface area contributed by atoms with Gasteiger partial charge in [-0.1, -0.05) is 43.7 Å². The smallest absolute Gasteiger partial charge is 0.224 e. The molecule has 1 aromatic carbocycles. The van der Waals surface area contributed by atoms with Gasteiger partial charge in [0.2, 0.25) is 5.91 Å². The van der Waals surface area contributed by atoms with Crippen molar-refractivity contribution in [2.45, 2.75) is 26.7 Å². The Morgan fingerprint density at radius 3 is 2.71 bits per heavy atom. The number of carbonyl (C=O) groups is 1. The number of hydrogen-bond acceptors (Lipinski definition) is 2. The summed E-state index contributed by atoms with van der Waals surface area (Å²) in [6.07, 6.45) is 0. The highest BCUT2D eigenvalue weighted by Crippen LogP contribution is 2.15. The van der Waals surface area contributed by atoms with Crippen LogP contribution >= 0.6 is 0 Å². The van der Waals surface area contributed by atoms with Crippen LogP contribution in [0.25, 0.3) is 0 Å². The Morgan fingerprint density at radius 2 is 2.12 bits per heavy atom. The molecule has 1 rings (SSSR count). The number of benzene rings is 1. The Balaban J connectivity index is 2.50. The minimum Gasteiger partial charge on any atom is -0.355 e. The lowest BCUT2D eigenvalue weighted by Gasteiger charge is -2.15. The van der Waals surface area contributed by atoms with Crippen LogP contribution in [-0.2, 0) is 4.79 Å². The van der Waals surface area contributed by atoms with E-state index in [0.717, 1.165) is 0 Å². The molecule has 0 aliphatic heterocycles. The SMILES string of the molecule is Cc1cccc(C(C)CNC(=O)C(C)CN)c1. The summed E-state index contributed by atoms with van der Waals surface area (Å²) in [5, 5.41) is 2.93. The molecule has 94 valence electrons. The van der Waals surface area contributed by atoms with Crippen molar-refractivity contribution in [2.24, 2.45) is 11.7 Å². The largest absolute Gasteiger partial charge is 0.355 e. The fourth-order valence-electron chi connectivity index (χ4n) is 1.63. The molecule has 3 heteroatoms. The number of aryl methyl sites for hydroxylation is 1. The molecule has 2 unspecified atom stereocenters. The third-order valence-electron chi connectivity index (χ3n) is 2.99. The van der Waals surface area contributed by atoms with E-state index in [2.05, 4.69) is 37.4 Å². The van der Waals surface area contributed by atoms with E-state index >= 15 is 0 Å². The Kier molecular flexibility index (Phi) is 5.16. The van der Waals surface area contributed by atoms with Gasteiger partial charge >= 0.3 is 0 Å². The molecule has 0 aliphatic carbocycles. The summed E-state index contributed by atoms with van der Waals surface area (Å²) in [4.78, 5) is 11.6. The standard InChI is InChI=1S/C14H22N2O/c1-10-5-4-6-13(7-10)12(3)9-16-14(17)11(2)8-15/h4-7,11-12H,8-9,15H2,1-3H3,(H,16,17). The van der Waals surface area contributed by atoms with Gasteiger partial charge in [-0.25, -0.2) is 0 Å². The zero-order valence-corrected chi connectivity index (χ0v) is 10.9. The molecular formula is C14H22N2O. The highest BCUT2D eigenvalue weighted by atomic mass is 16.1. The monoisotopic (exact) mass is 234 g/mol. The first-order chi connectivity index (χ1) is 8.04. The number of rotatable bonds is 5. The minimum atomic E-state index is -0.111. The van der Waals surface area contributed by atoms with E-state index in [4.69, 9.17) is 5.73 Å². The topological polar surface area (TPSA) is 55.1 Å². The van der Waals surface area contributed by atoms with E-state index < -0.39 is 0 Å². The second-order valence-electron chi connectivity index (χ2n) is 4.70. The van der Waals surface area contributed by atoms with Gasteiger partial charge in [-0.3, -0.25) is 4.79 Å². The van der Waals surface area contributed by atoms with Gasteiger partial charge in [-0.2, -0.15) is 0 Å². The third kappa shape index (κ3) is 4.19. The van der Waals surface area contributed by atoms with Crippen LogP contribution in [-0.4, -0.2) is 19.0 Å². The zero-order valence-electron chi connectivity index (χ0n) is 10.9. The molecule has 0 aliphatic rings. The van der Waals surface area contributed by atoms with Gasteiger partial charge in [0.25, 0.3) is 0 Å². The van der Waals surface area contributed by atoms with Crippen molar-refractivity contribution in [1.29, 1.82) is 0 Å². The maximum absolute atomic E-state index is 11.6. The van der Waals surface area contributed by atoms with Crippen LogP contribution in [0.5, 0.6) is 0 Å². The Hall–Kier alpha value is -1.35. The summed E-state index contributed by atoms with van der Waals surface area (Å²) in [6, 6.07) is 8.37. The summed E-state index contributed by atoms with van der Waals surface area (Å²) in [5.74, 6) is 0.246. The van der Waals surface area contributed by atoms with Crippen molar-refractivity contribution in [3.05, 3.63) is 35.4 Å². The van der Waals surface area contributed by atoms with E-state index in [1.807, 2.05) is 13.0 Å². The molecule has 0 radical (unpaired) electrons. The molecule has 17 heavy (non-hydrogen) atoms. The van der Waals surface area contributed by atoms with Crippen LogP contribution in [0.4, 0.5) is 0 Å². The fraction of sp³-hybridized carbons (Fsp3) is 0.500. The highest BCUT2D eigenvalue weighted by Gasteiger charge is 2.12. The summed E-state index contributed by atoms with van der Waals surface area (Å²) >= 11 is 0. The molecule has 1 aromatic rings. The van der Waals surface area contributed by atoms with Crippen LogP contribution in [0.1, 0.15) is 30.9 Å². The number of hydrogen-bond donors (Lipinski definition) is 2. The van der Waals surface area contributed by atoms with E-state index in [1.54, 1.807) is 0 Å². The van der Waals surface area contributed by atoms with Gasteiger partial charge in [0, 0.05) is 19.0 Å². The van der Waals surface area contributed by atoms with Crippen molar-refractivity contribution in [2.75, 3.05) is 13.1 Å². The first kappa shape index (κ1) is 13.7. The van der Waals surface area contributed by atoms with Crippen LogP contribution in [0.3, 0.4) is 0 Å². The molecule has 2 atom stereocenters. The fourth-order valence-corrected chi connectivity index (χ4v) is 1.63. The molecule has 0 fully saturated rings. The second kappa shape index (κ2) is 6.40. The van der Waals surface area contributed by atoms with Gasteiger partial charge in [0.1, 0.15) is 0 Å². The highest BCUT2D eigenvalue weighted by molar-refractivity contribution is 5.78. The zero-order chi connectivity index (χ0) is 12.8. The summed E-state index contributed by atoms with van der Waals surface area (Å²) in [6.45, 7) is 7.08. The lowest BCUT2D eigenvalue weighted by Crippen LogP contribution is -2.35. The lowest BCUT2D eigenvalue weighted by atomic mass is 9.99. The van der Waals surface area contributed by atoms with E-state index in [1.165, 1.54) is 11.1 Å². The molecule has 1 amide bonds. The van der Waals surface area contributed by atoms with Crippen LogP contribution in [0.15, 0.2) is 24.3 Å². The van der Waals surface area contributed by atoms with E-state index in [9.17, 15) is 4.79 Å². The van der Waals surface area contributed by atoms with Crippen molar-refractivity contribution < 1.29 is 4.79 Å². The average molecular weight is 234 g/mol. The predicted molar refractivity (Wildman–Crippen MR) is 70.8 cm³/mol. The first-order valence-corrected chi connectivity index (χ1v) is 6.09. The van der Waals surface area contributed by atoms with Gasteiger partial charge < -0.3 is 11.1 Å². The van der Waals surface area contributed by atoms with Gasteiger partial charge in [0.15, 0.2) is 0 Å². The summed E-state index contributed by atoms with van der Waals surface area (Å²) in [5.41, 5.74) is 7.95. The van der Waals surface area contributed by atoms with Gasteiger partial charge in [0.05, 0.1) is 0 Å². The van der Waals surface area contributed by atoms with Crippen LogP contribution in [0.2, 0.25) is 0 Å². The first-order valence-electron chi connectivity index (χ1n) is 6.09. The normalized spacial score (nSPS) is 14.1. The van der Waals surface area contributed by atoms with Gasteiger partial charge in [-0.05, 0) is 18.4 Å². The molecule has 3 nitrogen and oxygen atoms in total. The molecule has 0 heterocycles. The summed E-state index contributed by atoms with van der Waals surface area (Å²) in [7, 11) is 0. The van der Waals surface area contributed by atoms with Crippen molar-refractivity contribution in [1.82, 2.24) is 5.32 Å². The van der Waals surface area contributed by atoms with Crippen LogP contribution < -0.4 is 11.1 Å². The number of amides is 1. The quantitative estimate of drug-likeness (QED) is 0.816. The average Bonchev–Trinajstić information content (AvgIpc) is 2.34. The predicted octanol–water partition coefficient (Wildman–Crippen LogP) is 1.81. The molecule has 0 saturated carbocycles. The Labute approximate surface area is 103 Å². The van der Waals surface area contributed by atoms with Crippen molar-refractivity contribution in [3.63, 3.8) is 0 Å². The maximum atomic E-state index is 11.6. The maximum Gasteiger partial charge on any atom is 0.224 e. The van der Waals surface area contributed by atoms with E-state index in [0.29, 0.717) is 19.0 Å². The number of nitrogens with two attached hydrogens (primary N) is 1. The van der Waals surface area contributed by atoms with E-state index in [-0.39, 0.29) is 11.8 Å². The molecule has 0 aromatic heterocycles. The van der Waals surface area contributed by atoms with Gasteiger partial charge in [-0.15, -0.1) is 0 Å². The Morgan fingerprint density at radius 1 is 1.41 bits per heavy atom. The van der Waals surface area contributed by atoms with Crippen LogP contribution in [0, 0.1) is 12.8 Å². The van der Waals surface area contributed by atoms with Crippen molar-refractivity contribution in [3.8, 4) is 0 Å². The molecule has 0 spiro atoms. The Bertz CT molecular complexity index is 376. The molecule has 3 N–H and O–H groups in total. The molecule has 0 saturated heterocycles. The second-order valence-corrected chi connectivity index (χ2v) is 4.70. The van der Waals surface area contributed by atoms with Crippen molar-refractivity contribution >= 4 is 5.91 Å². The number of nitrogens with one attached hydrogen (secondary N) is 1.